The second-order valence-corrected chi connectivity index (χ2v) is 6.91. The van der Waals surface area contributed by atoms with E-state index in [4.69, 9.17) is 0 Å². The minimum atomic E-state index is 0.578. The summed E-state index contributed by atoms with van der Waals surface area (Å²) in [5.41, 5.74) is 3.04. The lowest BCUT2D eigenvalue weighted by Gasteiger charge is -2.16. The maximum atomic E-state index is 3.73. The Balaban J connectivity index is 1.55. The van der Waals surface area contributed by atoms with Gasteiger partial charge in [0.15, 0.2) is 0 Å². The summed E-state index contributed by atoms with van der Waals surface area (Å²) < 4.78 is 0. The summed E-state index contributed by atoms with van der Waals surface area (Å²) in [6.45, 7) is 3.30. The van der Waals surface area contributed by atoms with E-state index in [9.17, 15) is 0 Å². The molecule has 3 rings (SSSR count). The molecule has 2 aromatic rings. The monoisotopic (exact) mass is 285 g/mol. The molecule has 1 N–H and O–H groups in total. The van der Waals surface area contributed by atoms with Crippen molar-refractivity contribution in [3.63, 3.8) is 0 Å². The second kappa shape index (κ2) is 6.55. The first kappa shape index (κ1) is 13.8. The van der Waals surface area contributed by atoms with Gasteiger partial charge in [-0.2, -0.15) is 0 Å². The Kier molecular flexibility index (Phi) is 4.54. The first-order valence-electron chi connectivity index (χ1n) is 7.73. The van der Waals surface area contributed by atoms with Gasteiger partial charge in [0.2, 0.25) is 0 Å². The van der Waals surface area contributed by atoms with Crippen LogP contribution in [-0.2, 0) is 25.8 Å². The summed E-state index contributed by atoms with van der Waals surface area (Å²) in [6, 6.07) is 13.8. The average Bonchev–Trinajstić information content (AvgIpc) is 3.05. The van der Waals surface area contributed by atoms with Gasteiger partial charge in [0.25, 0.3) is 0 Å². The molecular weight excluding hydrogens is 262 g/mol. The van der Waals surface area contributed by atoms with E-state index in [1.165, 1.54) is 36.1 Å². The van der Waals surface area contributed by atoms with Crippen LogP contribution in [0.3, 0.4) is 0 Å². The molecule has 1 aromatic carbocycles. The molecule has 1 aliphatic rings. The van der Waals surface area contributed by atoms with Crippen molar-refractivity contribution in [2.24, 2.45) is 0 Å². The Labute approximate surface area is 126 Å². The minimum absolute atomic E-state index is 0.578. The van der Waals surface area contributed by atoms with Crippen LogP contribution < -0.4 is 5.32 Å². The average molecular weight is 285 g/mol. The normalized spacial score (nSPS) is 15.2. The smallest absolute Gasteiger partial charge is 0.0302 e. The predicted octanol–water partition coefficient (Wildman–Crippen LogP) is 4.35. The molecule has 0 amide bonds. The van der Waals surface area contributed by atoms with Gasteiger partial charge in [-0.3, -0.25) is 0 Å². The number of fused-ring (bicyclic) bond motifs is 1. The van der Waals surface area contributed by atoms with Crippen molar-refractivity contribution in [3.8, 4) is 0 Å². The Morgan fingerprint density at radius 3 is 2.80 bits per heavy atom. The molecule has 0 saturated heterocycles. The van der Waals surface area contributed by atoms with Crippen molar-refractivity contribution in [1.82, 2.24) is 5.32 Å². The Bertz CT molecular complexity index is 522. The zero-order chi connectivity index (χ0) is 13.8. The summed E-state index contributed by atoms with van der Waals surface area (Å²) in [6.07, 6.45) is 6.27. The SMILES string of the molecule is CCC(Cc1ccccc1)NCc1cc2c(s1)CCC2. The lowest BCUT2D eigenvalue weighted by atomic mass is 10.0. The Morgan fingerprint density at radius 2 is 2.05 bits per heavy atom. The topological polar surface area (TPSA) is 12.0 Å². The van der Waals surface area contributed by atoms with E-state index in [2.05, 4.69) is 48.6 Å². The van der Waals surface area contributed by atoms with Gasteiger partial charge in [0.05, 0.1) is 0 Å². The number of benzene rings is 1. The van der Waals surface area contributed by atoms with Crippen LogP contribution in [0.15, 0.2) is 36.4 Å². The number of nitrogens with one attached hydrogen (secondary N) is 1. The van der Waals surface area contributed by atoms with Crippen molar-refractivity contribution < 1.29 is 0 Å². The molecule has 106 valence electrons. The van der Waals surface area contributed by atoms with E-state index in [0.29, 0.717) is 6.04 Å². The Hall–Kier alpha value is -1.12. The lowest BCUT2D eigenvalue weighted by molar-refractivity contribution is 0.496. The highest BCUT2D eigenvalue weighted by atomic mass is 32.1. The van der Waals surface area contributed by atoms with E-state index in [0.717, 1.165) is 13.0 Å². The van der Waals surface area contributed by atoms with Crippen LogP contribution in [0.2, 0.25) is 0 Å². The summed E-state index contributed by atoms with van der Waals surface area (Å²) in [4.78, 5) is 3.15. The van der Waals surface area contributed by atoms with Crippen LogP contribution >= 0.6 is 11.3 Å². The van der Waals surface area contributed by atoms with Gasteiger partial charge < -0.3 is 5.32 Å². The van der Waals surface area contributed by atoms with E-state index >= 15 is 0 Å². The zero-order valence-corrected chi connectivity index (χ0v) is 13.0. The molecule has 0 spiro atoms. The van der Waals surface area contributed by atoms with Gasteiger partial charge in [-0.1, -0.05) is 37.3 Å². The van der Waals surface area contributed by atoms with Crippen LogP contribution in [-0.4, -0.2) is 6.04 Å². The van der Waals surface area contributed by atoms with Crippen molar-refractivity contribution in [2.75, 3.05) is 0 Å². The van der Waals surface area contributed by atoms with E-state index in [1.807, 2.05) is 11.3 Å². The van der Waals surface area contributed by atoms with Crippen LogP contribution in [0, 0.1) is 0 Å². The van der Waals surface area contributed by atoms with Gasteiger partial charge in [-0.15, -0.1) is 11.3 Å². The molecule has 1 heterocycles. The van der Waals surface area contributed by atoms with Crippen LogP contribution in [0.1, 0.15) is 40.6 Å². The number of hydrogen-bond donors (Lipinski definition) is 1. The largest absolute Gasteiger partial charge is 0.309 e. The number of hydrogen-bond acceptors (Lipinski definition) is 2. The van der Waals surface area contributed by atoms with Crippen molar-refractivity contribution >= 4 is 11.3 Å². The van der Waals surface area contributed by atoms with E-state index < -0.39 is 0 Å². The van der Waals surface area contributed by atoms with Crippen molar-refractivity contribution in [2.45, 2.75) is 51.6 Å². The van der Waals surface area contributed by atoms with Crippen molar-refractivity contribution in [1.29, 1.82) is 0 Å². The molecule has 2 heteroatoms. The van der Waals surface area contributed by atoms with E-state index in [-0.39, 0.29) is 0 Å². The highest BCUT2D eigenvalue weighted by Crippen LogP contribution is 2.30. The molecule has 0 fully saturated rings. The maximum absolute atomic E-state index is 3.73. The van der Waals surface area contributed by atoms with Gasteiger partial charge in [0.1, 0.15) is 0 Å². The first-order chi connectivity index (χ1) is 9.85. The van der Waals surface area contributed by atoms with Crippen LogP contribution in [0.5, 0.6) is 0 Å². The lowest BCUT2D eigenvalue weighted by Crippen LogP contribution is -2.29. The molecule has 0 radical (unpaired) electrons. The fourth-order valence-electron chi connectivity index (χ4n) is 2.98. The standard InChI is InChI=1S/C18H23NS/c1-2-16(11-14-7-4-3-5-8-14)19-13-17-12-15-9-6-10-18(15)20-17/h3-5,7-8,12,16,19H,2,6,9-11,13H2,1H3. The molecule has 20 heavy (non-hydrogen) atoms. The van der Waals surface area contributed by atoms with Crippen LogP contribution in [0.25, 0.3) is 0 Å². The third-order valence-electron chi connectivity index (χ3n) is 4.18. The summed E-state index contributed by atoms with van der Waals surface area (Å²) >= 11 is 2.02. The van der Waals surface area contributed by atoms with Gasteiger partial charge >= 0.3 is 0 Å². The quantitative estimate of drug-likeness (QED) is 0.832. The van der Waals surface area contributed by atoms with Crippen LogP contribution in [0.4, 0.5) is 0 Å². The Morgan fingerprint density at radius 1 is 1.20 bits per heavy atom. The molecule has 1 aliphatic carbocycles. The molecule has 1 atom stereocenters. The maximum Gasteiger partial charge on any atom is 0.0302 e. The first-order valence-corrected chi connectivity index (χ1v) is 8.54. The van der Waals surface area contributed by atoms with Gasteiger partial charge in [0, 0.05) is 22.3 Å². The predicted molar refractivity (Wildman–Crippen MR) is 87.4 cm³/mol. The molecule has 1 unspecified atom stereocenters. The second-order valence-electron chi connectivity index (χ2n) is 5.69. The third kappa shape index (κ3) is 3.31. The summed E-state index contributed by atoms with van der Waals surface area (Å²) in [7, 11) is 0. The molecule has 0 saturated carbocycles. The summed E-state index contributed by atoms with van der Waals surface area (Å²) in [5, 5.41) is 3.73. The number of rotatable bonds is 6. The molecular formula is C18H23NS. The van der Waals surface area contributed by atoms with Gasteiger partial charge in [-0.05, 0) is 49.3 Å². The zero-order valence-electron chi connectivity index (χ0n) is 12.2. The molecule has 1 nitrogen and oxygen atoms in total. The highest BCUT2D eigenvalue weighted by molar-refractivity contribution is 7.12. The fourth-order valence-corrected chi connectivity index (χ4v) is 4.19. The molecule has 0 bridgehead atoms. The molecule has 0 aliphatic heterocycles. The van der Waals surface area contributed by atoms with Crippen molar-refractivity contribution in [3.05, 3.63) is 57.3 Å². The number of thiophene rings is 1. The fraction of sp³-hybridized carbons (Fsp3) is 0.444. The highest BCUT2D eigenvalue weighted by Gasteiger charge is 2.15. The third-order valence-corrected chi connectivity index (χ3v) is 5.42. The number of aryl methyl sites for hydroxylation is 2. The minimum Gasteiger partial charge on any atom is -0.309 e. The molecule has 1 aromatic heterocycles. The van der Waals surface area contributed by atoms with E-state index in [1.54, 1.807) is 10.4 Å². The van der Waals surface area contributed by atoms with Gasteiger partial charge in [-0.25, -0.2) is 0 Å². The summed E-state index contributed by atoms with van der Waals surface area (Å²) in [5.74, 6) is 0.